The van der Waals surface area contributed by atoms with Crippen LogP contribution in [-0.4, -0.2) is 23.6 Å². The van der Waals surface area contributed by atoms with Crippen molar-refractivity contribution in [1.29, 1.82) is 0 Å². The molecule has 0 unspecified atom stereocenters. The second-order valence-electron chi connectivity index (χ2n) is 5.72. The molecule has 6 nitrogen and oxygen atoms in total. The highest BCUT2D eigenvalue weighted by Gasteiger charge is 2.21. The van der Waals surface area contributed by atoms with E-state index in [0.717, 1.165) is 11.6 Å². The Kier molecular flexibility index (Phi) is 5.65. The monoisotopic (exact) mass is 394 g/mol. The number of hydrogen-bond acceptors (Lipinski definition) is 4. The average molecular weight is 395 g/mol. The summed E-state index contributed by atoms with van der Waals surface area (Å²) in [6, 6.07) is 12.5. The third-order valence-corrected chi connectivity index (χ3v) is 5.37. The molecule has 3 aromatic rings. The maximum absolute atomic E-state index is 13.3. The van der Waals surface area contributed by atoms with Crippen molar-refractivity contribution in [3.63, 3.8) is 0 Å². The van der Waals surface area contributed by atoms with Gasteiger partial charge in [-0.2, -0.15) is 5.10 Å². The Labute approximate surface area is 155 Å². The van der Waals surface area contributed by atoms with E-state index in [0.29, 0.717) is 17.8 Å². The summed E-state index contributed by atoms with van der Waals surface area (Å²) in [5, 5.41) is 6.41. The third kappa shape index (κ3) is 4.87. The number of benzene rings is 2. The molecule has 0 spiro atoms. The maximum atomic E-state index is 13.3. The Bertz CT molecular complexity index is 966. The highest BCUT2D eigenvalue weighted by Crippen LogP contribution is 2.21. The minimum Gasteiger partial charge on any atom is -0.263 e. The van der Waals surface area contributed by atoms with Crippen LogP contribution in [0.3, 0.4) is 0 Å². The van der Waals surface area contributed by atoms with Crippen molar-refractivity contribution in [2.45, 2.75) is 18.2 Å². The van der Waals surface area contributed by atoms with E-state index in [1.54, 1.807) is 0 Å². The highest BCUT2D eigenvalue weighted by atomic mass is 35.5. The number of halogens is 2. The lowest BCUT2D eigenvalue weighted by molar-refractivity contribution is 0.549. The van der Waals surface area contributed by atoms with Crippen LogP contribution in [0.1, 0.15) is 23.0 Å². The fourth-order valence-electron chi connectivity index (χ4n) is 2.54. The van der Waals surface area contributed by atoms with Crippen LogP contribution in [0.25, 0.3) is 0 Å². The number of nitrogens with zero attached hydrogens (tertiary/aromatic N) is 2. The maximum Gasteiger partial charge on any atom is 0.216 e. The van der Waals surface area contributed by atoms with Crippen molar-refractivity contribution in [2.24, 2.45) is 0 Å². The average Bonchev–Trinajstić information content (AvgIpc) is 3.11. The second-order valence-corrected chi connectivity index (χ2v) is 7.89. The van der Waals surface area contributed by atoms with Crippen LogP contribution in [0.15, 0.2) is 54.9 Å². The lowest BCUT2D eigenvalue weighted by atomic mass is 10.0. The number of nitrogens with one attached hydrogen (secondary N) is 2. The van der Waals surface area contributed by atoms with E-state index in [2.05, 4.69) is 19.9 Å². The molecule has 0 aliphatic heterocycles. The van der Waals surface area contributed by atoms with Gasteiger partial charge in [0.05, 0.1) is 16.8 Å². The fourth-order valence-corrected chi connectivity index (χ4v) is 4.10. The number of hydrogen-bond donors (Lipinski definition) is 2. The normalized spacial score (nSPS) is 12.8. The molecule has 0 aliphatic rings. The van der Waals surface area contributed by atoms with Crippen molar-refractivity contribution in [1.82, 2.24) is 19.9 Å². The van der Waals surface area contributed by atoms with Crippen molar-refractivity contribution >= 4 is 21.6 Å². The van der Waals surface area contributed by atoms with Gasteiger partial charge in [0.1, 0.15) is 18.0 Å². The number of rotatable bonds is 7. The van der Waals surface area contributed by atoms with Gasteiger partial charge >= 0.3 is 0 Å². The van der Waals surface area contributed by atoms with Crippen LogP contribution < -0.4 is 4.72 Å². The molecule has 0 bridgehead atoms. The molecule has 0 fully saturated rings. The molecule has 0 saturated carbocycles. The lowest BCUT2D eigenvalue weighted by Gasteiger charge is -2.18. The Morgan fingerprint density at radius 1 is 1.19 bits per heavy atom. The Morgan fingerprint density at radius 3 is 2.62 bits per heavy atom. The summed E-state index contributed by atoms with van der Waals surface area (Å²) in [5.74, 6) is -0.341. The van der Waals surface area contributed by atoms with Gasteiger partial charge in [-0.1, -0.05) is 48.0 Å². The van der Waals surface area contributed by atoms with Crippen LogP contribution in [0.2, 0.25) is 5.02 Å². The van der Waals surface area contributed by atoms with Gasteiger partial charge in [-0.25, -0.2) is 22.5 Å². The van der Waals surface area contributed by atoms with Gasteiger partial charge in [-0.05, 0) is 23.3 Å². The molecule has 136 valence electrons. The molecule has 26 heavy (non-hydrogen) atoms. The minimum atomic E-state index is -3.71. The van der Waals surface area contributed by atoms with Crippen LogP contribution in [0.5, 0.6) is 0 Å². The standard InChI is InChI=1S/C17H16ClFN4O2S/c18-14-8-12(6-7-15(14)19)10-26(24,25)23-16(9-17-20-11-21-22-17)13-4-2-1-3-5-13/h1-8,11,16,23H,9-10H2,(H,20,21,22)/t16-/m1/s1. The summed E-state index contributed by atoms with van der Waals surface area (Å²) in [4.78, 5) is 4.06. The SMILES string of the molecule is O=S(=O)(Cc1ccc(F)c(Cl)c1)N[C@H](Cc1ncn[nH]1)c1ccccc1. The summed E-state index contributed by atoms with van der Waals surface area (Å²) in [5.41, 5.74) is 1.19. The molecule has 9 heteroatoms. The number of aromatic nitrogens is 3. The van der Waals surface area contributed by atoms with E-state index in [-0.39, 0.29) is 10.8 Å². The van der Waals surface area contributed by atoms with Crippen LogP contribution >= 0.6 is 11.6 Å². The zero-order valence-electron chi connectivity index (χ0n) is 13.6. The van der Waals surface area contributed by atoms with E-state index >= 15 is 0 Å². The summed E-state index contributed by atoms with van der Waals surface area (Å²) in [7, 11) is -3.71. The Morgan fingerprint density at radius 2 is 1.96 bits per heavy atom. The fraction of sp³-hybridized carbons (Fsp3) is 0.176. The summed E-state index contributed by atoms with van der Waals surface area (Å²) in [6.07, 6.45) is 1.68. The van der Waals surface area contributed by atoms with Gasteiger partial charge in [0, 0.05) is 6.42 Å². The molecule has 3 rings (SSSR count). The van der Waals surface area contributed by atoms with Gasteiger partial charge in [0.25, 0.3) is 0 Å². The molecular weight excluding hydrogens is 379 g/mol. The first-order chi connectivity index (χ1) is 12.4. The highest BCUT2D eigenvalue weighted by molar-refractivity contribution is 7.88. The first-order valence-corrected chi connectivity index (χ1v) is 9.79. The largest absolute Gasteiger partial charge is 0.263 e. The van der Waals surface area contributed by atoms with E-state index < -0.39 is 21.9 Å². The molecule has 0 saturated heterocycles. The predicted octanol–water partition coefficient (Wildman–Crippen LogP) is 3.00. The minimum absolute atomic E-state index is 0.112. The molecule has 0 amide bonds. The Hall–Kier alpha value is -2.29. The van der Waals surface area contributed by atoms with Gasteiger partial charge in [-0.15, -0.1) is 0 Å². The number of sulfonamides is 1. The summed E-state index contributed by atoms with van der Waals surface area (Å²) >= 11 is 5.73. The third-order valence-electron chi connectivity index (χ3n) is 3.73. The zero-order chi connectivity index (χ0) is 18.6. The second kappa shape index (κ2) is 7.94. The van der Waals surface area contributed by atoms with Crippen LogP contribution in [-0.2, 0) is 22.2 Å². The van der Waals surface area contributed by atoms with Crippen molar-refractivity contribution in [2.75, 3.05) is 0 Å². The van der Waals surface area contributed by atoms with Crippen molar-refractivity contribution in [3.8, 4) is 0 Å². The summed E-state index contributed by atoms with van der Waals surface area (Å²) < 4.78 is 41.2. The quantitative estimate of drug-likeness (QED) is 0.644. The molecular formula is C17H16ClFN4O2S. The molecule has 2 N–H and O–H groups in total. The van der Waals surface area contributed by atoms with E-state index in [1.165, 1.54) is 18.5 Å². The van der Waals surface area contributed by atoms with Gasteiger partial charge in [0.2, 0.25) is 10.0 Å². The zero-order valence-corrected chi connectivity index (χ0v) is 15.1. The molecule has 1 atom stereocenters. The van der Waals surface area contributed by atoms with Gasteiger partial charge < -0.3 is 0 Å². The smallest absolute Gasteiger partial charge is 0.216 e. The first kappa shape index (κ1) is 18.5. The van der Waals surface area contributed by atoms with Gasteiger partial charge in [0.15, 0.2) is 0 Å². The predicted molar refractivity (Wildman–Crippen MR) is 96.4 cm³/mol. The van der Waals surface area contributed by atoms with Gasteiger partial charge in [-0.3, -0.25) is 5.10 Å². The molecule has 2 aromatic carbocycles. The molecule has 0 radical (unpaired) electrons. The van der Waals surface area contributed by atoms with Crippen LogP contribution in [0, 0.1) is 5.82 Å². The summed E-state index contributed by atoms with van der Waals surface area (Å²) in [6.45, 7) is 0. The van der Waals surface area contributed by atoms with E-state index in [9.17, 15) is 12.8 Å². The van der Waals surface area contributed by atoms with E-state index in [1.807, 2.05) is 30.3 Å². The van der Waals surface area contributed by atoms with E-state index in [4.69, 9.17) is 11.6 Å². The number of H-pyrrole nitrogens is 1. The first-order valence-electron chi connectivity index (χ1n) is 7.76. The van der Waals surface area contributed by atoms with Crippen LogP contribution in [0.4, 0.5) is 4.39 Å². The molecule has 0 aliphatic carbocycles. The molecule has 1 aromatic heterocycles. The topological polar surface area (TPSA) is 87.7 Å². The molecule has 1 heterocycles. The number of aromatic amines is 1. The Balaban J connectivity index is 1.81. The van der Waals surface area contributed by atoms with Crippen molar-refractivity contribution in [3.05, 3.63) is 82.6 Å². The van der Waals surface area contributed by atoms with Crippen molar-refractivity contribution < 1.29 is 12.8 Å². The lowest BCUT2D eigenvalue weighted by Crippen LogP contribution is -2.31.